The number of carboxylic acid groups (broad SMARTS) is 1. The van der Waals surface area contributed by atoms with Gasteiger partial charge in [0.25, 0.3) is 0 Å². The third-order valence-corrected chi connectivity index (χ3v) is 1.74. The van der Waals surface area contributed by atoms with Crippen LogP contribution in [0, 0.1) is 0 Å². The van der Waals surface area contributed by atoms with E-state index in [9.17, 15) is 4.79 Å². The number of rotatable bonds is 7. The van der Waals surface area contributed by atoms with Gasteiger partial charge < -0.3 is 5.11 Å². The van der Waals surface area contributed by atoms with Crippen molar-refractivity contribution >= 4 is 5.97 Å². The van der Waals surface area contributed by atoms with E-state index >= 15 is 0 Å². The molecule has 0 atom stereocenters. The van der Waals surface area contributed by atoms with E-state index in [1.165, 1.54) is 25.7 Å². The molecule has 0 fully saturated rings. The van der Waals surface area contributed by atoms with E-state index in [0.29, 0.717) is 6.42 Å². The molecule has 0 heterocycles. The second-order valence-corrected chi connectivity index (χ2v) is 2.91. The van der Waals surface area contributed by atoms with Gasteiger partial charge >= 0.3 is 5.97 Å². The second-order valence-electron chi connectivity index (χ2n) is 2.91. The van der Waals surface area contributed by atoms with Crippen LogP contribution >= 0.6 is 0 Å². The Morgan fingerprint density at radius 2 is 1.58 bits per heavy atom. The Kier molecular flexibility index (Phi) is 14.1. The Hall–Kier alpha value is 0.353. The minimum atomic E-state index is -0.666. The predicted octanol–water partition coefficient (Wildman–Crippen LogP) is 2.82. The maximum absolute atomic E-state index is 10.1. The molecule has 0 saturated carbocycles. The average molecular weight is 249 g/mol. The molecular weight excluding hydrogens is 231 g/mol. The van der Waals surface area contributed by atoms with E-state index in [0.717, 1.165) is 12.8 Å². The fourth-order valence-corrected chi connectivity index (χ4v) is 1.06. The summed E-state index contributed by atoms with van der Waals surface area (Å²) in [5.74, 6) is -0.666. The van der Waals surface area contributed by atoms with E-state index in [4.69, 9.17) is 5.11 Å². The van der Waals surface area contributed by atoms with Crippen LogP contribution in [0.15, 0.2) is 0 Å². The van der Waals surface area contributed by atoms with Gasteiger partial charge in [0.05, 0.1) is 0 Å². The number of unbranched alkanes of at least 4 members (excludes halogenated alkanes) is 5. The van der Waals surface area contributed by atoms with Crippen molar-refractivity contribution in [3.05, 3.63) is 0 Å². The van der Waals surface area contributed by atoms with Crippen molar-refractivity contribution in [2.24, 2.45) is 0 Å². The molecule has 0 rings (SSSR count). The SMILES string of the molecule is CCCCCCCCC(=O)O.[Zr]. The predicted molar refractivity (Wildman–Crippen MR) is 45.6 cm³/mol. The first-order chi connectivity index (χ1) is 5.27. The molecule has 2 nitrogen and oxygen atoms in total. The number of carboxylic acids is 1. The number of hydrogen-bond donors (Lipinski definition) is 1. The zero-order chi connectivity index (χ0) is 8.53. The minimum absolute atomic E-state index is 0. The third-order valence-electron chi connectivity index (χ3n) is 1.74. The van der Waals surface area contributed by atoms with E-state index in [2.05, 4.69) is 6.92 Å². The quantitative estimate of drug-likeness (QED) is 0.705. The van der Waals surface area contributed by atoms with Crippen LogP contribution in [-0.4, -0.2) is 11.1 Å². The molecular formula is C9H18O2Zr. The largest absolute Gasteiger partial charge is 0.481 e. The minimum Gasteiger partial charge on any atom is -0.481 e. The monoisotopic (exact) mass is 248 g/mol. The molecule has 0 aromatic heterocycles. The smallest absolute Gasteiger partial charge is 0.303 e. The Morgan fingerprint density at radius 3 is 2.08 bits per heavy atom. The molecule has 0 saturated heterocycles. The van der Waals surface area contributed by atoms with Crippen LogP contribution in [0.2, 0.25) is 0 Å². The van der Waals surface area contributed by atoms with Crippen LogP contribution in [0.4, 0.5) is 0 Å². The Labute approximate surface area is 93.9 Å². The fourth-order valence-electron chi connectivity index (χ4n) is 1.06. The van der Waals surface area contributed by atoms with E-state index < -0.39 is 5.97 Å². The maximum atomic E-state index is 10.1. The van der Waals surface area contributed by atoms with Gasteiger partial charge in [-0.25, -0.2) is 0 Å². The van der Waals surface area contributed by atoms with Crippen molar-refractivity contribution in [2.45, 2.75) is 51.9 Å². The molecule has 0 aliphatic rings. The molecule has 70 valence electrons. The van der Waals surface area contributed by atoms with E-state index in [1.807, 2.05) is 0 Å². The van der Waals surface area contributed by atoms with Gasteiger partial charge in [0.15, 0.2) is 0 Å². The summed E-state index contributed by atoms with van der Waals surface area (Å²) in [5, 5.41) is 8.32. The zero-order valence-electron chi connectivity index (χ0n) is 7.81. The molecule has 0 unspecified atom stereocenters. The number of aliphatic carboxylic acids is 1. The molecule has 12 heavy (non-hydrogen) atoms. The van der Waals surface area contributed by atoms with Gasteiger partial charge in [-0.3, -0.25) is 4.79 Å². The van der Waals surface area contributed by atoms with Crippen molar-refractivity contribution in [1.82, 2.24) is 0 Å². The standard InChI is InChI=1S/C9H18O2.Zr/c1-2-3-4-5-6-7-8-9(10)11;/h2-8H2,1H3,(H,10,11);. The molecule has 0 aliphatic heterocycles. The first kappa shape index (κ1) is 14.9. The number of carbonyl (C=O) groups is 1. The van der Waals surface area contributed by atoms with Gasteiger partial charge in [-0.1, -0.05) is 39.0 Å². The van der Waals surface area contributed by atoms with Gasteiger partial charge in [0.1, 0.15) is 0 Å². The van der Waals surface area contributed by atoms with Gasteiger partial charge in [0, 0.05) is 32.6 Å². The first-order valence-corrected chi connectivity index (χ1v) is 4.49. The van der Waals surface area contributed by atoms with Crippen molar-refractivity contribution in [3.8, 4) is 0 Å². The summed E-state index contributed by atoms with van der Waals surface area (Å²) in [6, 6.07) is 0. The van der Waals surface area contributed by atoms with Crippen LogP contribution in [-0.2, 0) is 31.0 Å². The fraction of sp³-hybridized carbons (Fsp3) is 0.889. The maximum Gasteiger partial charge on any atom is 0.303 e. The van der Waals surface area contributed by atoms with E-state index in [-0.39, 0.29) is 26.2 Å². The van der Waals surface area contributed by atoms with Crippen molar-refractivity contribution in [2.75, 3.05) is 0 Å². The summed E-state index contributed by atoms with van der Waals surface area (Å²) in [7, 11) is 0. The van der Waals surface area contributed by atoms with E-state index in [1.54, 1.807) is 0 Å². The summed E-state index contributed by atoms with van der Waals surface area (Å²) in [6.07, 6.45) is 7.25. The Balaban J connectivity index is 0. The summed E-state index contributed by atoms with van der Waals surface area (Å²) in [4.78, 5) is 10.1. The molecule has 0 aliphatic carbocycles. The van der Waals surface area contributed by atoms with Crippen molar-refractivity contribution in [1.29, 1.82) is 0 Å². The molecule has 0 bridgehead atoms. The van der Waals surface area contributed by atoms with Crippen LogP contribution in [0.1, 0.15) is 51.9 Å². The zero-order valence-corrected chi connectivity index (χ0v) is 10.3. The van der Waals surface area contributed by atoms with Gasteiger partial charge in [-0.05, 0) is 6.42 Å². The summed E-state index contributed by atoms with van der Waals surface area (Å²) in [6.45, 7) is 2.18. The van der Waals surface area contributed by atoms with Crippen LogP contribution in [0.5, 0.6) is 0 Å². The molecule has 0 amide bonds. The van der Waals surface area contributed by atoms with Crippen LogP contribution < -0.4 is 0 Å². The van der Waals surface area contributed by atoms with Gasteiger partial charge in [0.2, 0.25) is 0 Å². The molecule has 0 aromatic rings. The Morgan fingerprint density at radius 1 is 1.08 bits per heavy atom. The summed E-state index contributed by atoms with van der Waals surface area (Å²) < 4.78 is 0. The van der Waals surface area contributed by atoms with Crippen molar-refractivity contribution in [3.63, 3.8) is 0 Å². The molecule has 0 aromatic carbocycles. The topological polar surface area (TPSA) is 37.3 Å². The normalized spacial score (nSPS) is 9.08. The summed E-state index contributed by atoms with van der Waals surface area (Å²) in [5.41, 5.74) is 0. The molecule has 0 spiro atoms. The molecule has 3 heteroatoms. The van der Waals surface area contributed by atoms with Crippen LogP contribution in [0.3, 0.4) is 0 Å². The van der Waals surface area contributed by atoms with Crippen molar-refractivity contribution < 1.29 is 36.1 Å². The average Bonchev–Trinajstić information content (AvgIpc) is 1.96. The Bertz CT molecular complexity index is 105. The van der Waals surface area contributed by atoms with Gasteiger partial charge in [-0.2, -0.15) is 0 Å². The third kappa shape index (κ3) is 13.0. The van der Waals surface area contributed by atoms with Crippen LogP contribution in [0.25, 0.3) is 0 Å². The summed E-state index contributed by atoms with van der Waals surface area (Å²) >= 11 is 0. The second kappa shape index (κ2) is 11.4. The van der Waals surface area contributed by atoms with Gasteiger partial charge in [-0.15, -0.1) is 0 Å². The number of hydrogen-bond acceptors (Lipinski definition) is 1. The first-order valence-electron chi connectivity index (χ1n) is 4.49. The molecule has 1 N–H and O–H groups in total. The molecule has 0 radical (unpaired) electrons.